The smallest absolute Gasteiger partial charge is 0.404 e. The van der Waals surface area contributed by atoms with Crippen molar-refractivity contribution in [1.82, 2.24) is 0 Å². The van der Waals surface area contributed by atoms with E-state index in [0.29, 0.717) is 10.7 Å². The number of carbonyl (C=O) groups excluding carboxylic acids is 1. The van der Waals surface area contributed by atoms with Gasteiger partial charge in [-0.05, 0) is 12.1 Å². The number of rotatable bonds is 1. The fraction of sp³-hybridized carbons (Fsp3) is 0.143. The Morgan fingerprint density at radius 3 is 2.94 bits per heavy atom. The third-order valence-corrected chi connectivity index (χ3v) is 3.19. The Morgan fingerprint density at radius 2 is 2.11 bits per heavy atom. The molecule has 1 aromatic heterocycles. The Balaban J connectivity index is 2.01. The van der Waals surface area contributed by atoms with Crippen molar-refractivity contribution in [3.63, 3.8) is 0 Å². The highest BCUT2D eigenvalue weighted by molar-refractivity contribution is 6.30. The fourth-order valence-electron chi connectivity index (χ4n) is 2.09. The van der Waals surface area contributed by atoms with E-state index in [1.54, 1.807) is 29.1 Å². The van der Waals surface area contributed by atoms with Crippen molar-refractivity contribution >= 4 is 23.3 Å². The molecule has 18 heavy (non-hydrogen) atoms. The molecule has 0 N–H and O–H groups in total. The first-order valence-electron chi connectivity index (χ1n) is 5.69. The van der Waals surface area contributed by atoms with Crippen LogP contribution in [0, 0.1) is 5.92 Å². The van der Waals surface area contributed by atoms with Crippen LogP contribution in [0.5, 0.6) is 0 Å². The molecule has 0 aromatic carbocycles. The Kier molecular flexibility index (Phi) is 2.76. The molecular formula is C14H11ClNO2+. The largest absolute Gasteiger partial charge is 0.449 e. The van der Waals surface area contributed by atoms with E-state index in [4.69, 9.17) is 16.3 Å². The number of ether oxygens (including phenoxy) is 1. The minimum atomic E-state index is -0.330. The van der Waals surface area contributed by atoms with Crippen LogP contribution < -0.4 is 4.57 Å². The van der Waals surface area contributed by atoms with Crippen molar-refractivity contribution in [3.8, 4) is 0 Å². The summed E-state index contributed by atoms with van der Waals surface area (Å²) in [4.78, 5) is 11.9. The molecule has 0 radical (unpaired) electrons. The average Bonchev–Trinajstić information content (AvgIpc) is 2.38. The highest BCUT2D eigenvalue weighted by Gasteiger charge is 2.34. The highest BCUT2D eigenvalue weighted by Crippen LogP contribution is 2.25. The lowest BCUT2D eigenvalue weighted by atomic mass is 9.94. The van der Waals surface area contributed by atoms with Crippen LogP contribution >= 0.6 is 11.6 Å². The predicted octanol–water partition coefficient (Wildman–Crippen LogP) is 2.14. The van der Waals surface area contributed by atoms with E-state index in [0.717, 1.165) is 0 Å². The van der Waals surface area contributed by atoms with Gasteiger partial charge in [-0.15, -0.1) is 0 Å². The van der Waals surface area contributed by atoms with Gasteiger partial charge < -0.3 is 4.74 Å². The molecule has 90 valence electrons. The van der Waals surface area contributed by atoms with Crippen LogP contribution in [0.4, 0.5) is 0 Å². The Bertz CT molecular complexity index is 589. The number of carbonyl (C=O) groups is 1. The van der Waals surface area contributed by atoms with E-state index in [9.17, 15) is 4.79 Å². The monoisotopic (exact) mass is 260 g/mol. The maximum absolute atomic E-state index is 11.9. The average molecular weight is 261 g/mol. The summed E-state index contributed by atoms with van der Waals surface area (Å²) >= 11 is 5.92. The third-order valence-electron chi connectivity index (χ3n) is 2.97. The second-order valence-corrected chi connectivity index (χ2v) is 4.63. The van der Waals surface area contributed by atoms with E-state index in [-0.39, 0.29) is 18.0 Å². The maximum atomic E-state index is 11.9. The number of pyridine rings is 1. The van der Waals surface area contributed by atoms with Crippen LogP contribution in [0.3, 0.4) is 0 Å². The predicted molar refractivity (Wildman–Crippen MR) is 67.6 cm³/mol. The summed E-state index contributed by atoms with van der Waals surface area (Å²) in [6.45, 7) is 0. The number of fused-ring (bicyclic) bond motifs is 1. The molecule has 0 amide bonds. The lowest BCUT2D eigenvalue weighted by Crippen LogP contribution is -2.42. The summed E-state index contributed by atoms with van der Waals surface area (Å²) in [6, 6.07) is 3.55. The Labute approximate surface area is 110 Å². The van der Waals surface area contributed by atoms with Gasteiger partial charge in [-0.2, -0.15) is 4.57 Å². The van der Waals surface area contributed by atoms with Gasteiger partial charge in [0.1, 0.15) is 11.1 Å². The van der Waals surface area contributed by atoms with Crippen molar-refractivity contribution in [3.05, 3.63) is 59.9 Å². The normalized spacial score (nSPS) is 25.4. The van der Waals surface area contributed by atoms with Gasteiger partial charge in [-0.1, -0.05) is 29.8 Å². The van der Waals surface area contributed by atoms with Gasteiger partial charge in [0, 0.05) is 18.1 Å². The molecule has 0 saturated heterocycles. The SMILES string of the molecule is O=C1OC2C=CC=CC2C=C1[n+]1cccc(Cl)c1. The molecule has 0 fully saturated rings. The van der Waals surface area contributed by atoms with Gasteiger partial charge in [-0.3, -0.25) is 0 Å². The molecule has 1 aliphatic heterocycles. The second-order valence-electron chi connectivity index (χ2n) is 4.20. The van der Waals surface area contributed by atoms with Gasteiger partial charge in [-0.25, -0.2) is 4.79 Å². The molecule has 3 nitrogen and oxygen atoms in total. The van der Waals surface area contributed by atoms with E-state index in [1.807, 2.05) is 30.4 Å². The number of allylic oxidation sites excluding steroid dienone is 2. The molecular weight excluding hydrogens is 250 g/mol. The number of esters is 1. The highest BCUT2D eigenvalue weighted by atomic mass is 35.5. The molecule has 0 saturated carbocycles. The van der Waals surface area contributed by atoms with E-state index >= 15 is 0 Å². The third kappa shape index (κ3) is 1.97. The molecule has 4 heteroatoms. The second kappa shape index (κ2) is 4.42. The number of aromatic nitrogens is 1. The minimum Gasteiger partial charge on any atom is -0.449 e. The summed E-state index contributed by atoms with van der Waals surface area (Å²) < 4.78 is 7.08. The quantitative estimate of drug-likeness (QED) is 0.572. The lowest BCUT2D eigenvalue weighted by molar-refractivity contribution is -0.579. The van der Waals surface area contributed by atoms with Crippen LogP contribution in [-0.4, -0.2) is 12.1 Å². The van der Waals surface area contributed by atoms with Gasteiger partial charge in [0.05, 0.1) is 0 Å². The molecule has 1 aliphatic carbocycles. The summed E-state index contributed by atoms with van der Waals surface area (Å²) in [6.07, 6.45) is 12.9. The maximum Gasteiger partial charge on any atom is 0.404 e. The molecule has 2 aliphatic rings. The molecule has 1 aromatic rings. The van der Waals surface area contributed by atoms with Crippen LogP contribution in [0.25, 0.3) is 5.70 Å². The molecule has 2 atom stereocenters. The number of hydrogen-bond acceptors (Lipinski definition) is 2. The van der Waals surface area contributed by atoms with Gasteiger partial charge in [0.15, 0.2) is 12.4 Å². The van der Waals surface area contributed by atoms with Crippen molar-refractivity contribution in [2.24, 2.45) is 5.92 Å². The first-order valence-corrected chi connectivity index (χ1v) is 6.07. The summed E-state index contributed by atoms with van der Waals surface area (Å²) in [7, 11) is 0. The number of nitrogens with zero attached hydrogens (tertiary/aromatic N) is 1. The van der Waals surface area contributed by atoms with E-state index in [1.165, 1.54) is 0 Å². The Morgan fingerprint density at radius 1 is 1.28 bits per heavy atom. The van der Waals surface area contributed by atoms with Crippen LogP contribution in [0.1, 0.15) is 0 Å². The first-order chi connectivity index (χ1) is 8.74. The zero-order chi connectivity index (χ0) is 12.5. The summed E-state index contributed by atoms with van der Waals surface area (Å²) in [5, 5.41) is 0.576. The standard InChI is InChI=1S/C14H11ClNO2/c15-11-5-3-7-16(9-11)12-8-10-4-1-2-6-13(10)18-14(12)17/h1-10,13H/q+1. The zero-order valence-corrected chi connectivity index (χ0v) is 10.2. The molecule has 2 heterocycles. The van der Waals surface area contributed by atoms with Gasteiger partial charge in [0.25, 0.3) is 5.70 Å². The van der Waals surface area contributed by atoms with E-state index in [2.05, 4.69) is 0 Å². The zero-order valence-electron chi connectivity index (χ0n) is 9.49. The lowest BCUT2D eigenvalue weighted by Gasteiger charge is -2.24. The summed E-state index contributed by atoms with van der Waals surface area (Å²) in [5.74, 6) is -0.238. The van der Waals surface area contributed by atoms with Crippen molar-refractivity contribution < 1.29 is 14.1 Å². The van der Waals surface area contributed by atoms with Gasteiger partial charge >= 0.3 is 5.97 Å². The number of hydrogen-bond donors (Lipinski definition) is 0. The molecule has 0 spiro atoms. The first kappa shape index (κ1) is 11.2. The number of halogens is 1. The van der Waals surface area contributed by atoms with Crippen molar-refractivity contribution in [2.45, 2.75) is 6.10 Å². The van der Waals surface area contributed by atoms with Crippen LogP contribution in [-0.2, 0) is 9.53 Å². The topological polar surface area (TPSA) is 30.2 Å². The minimum absolute atomic E-state index is 0.0918. The van der Waals surface area contributed by atoms with Crippen molar-refractivity contribution in [2.75, 3.05) is 0 Å². The molecule has 3 rings (SSSR count). The van der Waals surface area contributed by atoms with Crippen molar-refractivity contribution in [1.29, 1.82) is 0 Å². The Hall–Kier alpha value is -1.87. The fourth-order valence-corrected chi connectivity index (χ4v) is 2.27. The van der Waals surface area contributed by atoms with Crippen LogP contribution in [0.2, 0.25) is 5.02 Å². The molecule has 2 unspecified atom stereocenters. The van der Waals surface area contributed by atoms with E-state index < -0.39 is 0 Å². The molecule has 0 bridgehead atoms. The van der Waals surface area contributed by atoms with Crippen LogP contribution in [0.15, 0.2) is 54.9 Å². The van der Waals surface area contributed by atoms with Gasteiger partial charge in [0.2, 0.25) is 0 Å². The summed E-state index contributed by atoms with van der Waals surface area (Å²) in [5.41, 5.74) is 0.499.